The van der Waals surface area contributed by atoms with Crippen molar-refractivity contribution in [3.63, 3.8) is 0 Å². The summed E-state index contributed by atoms with van der Waals surface area (Å²) in [5.74, 6) is -0.523. The highest BCUT2D eigenvalue weighted by Crippen LogP contribution is 2.45. The van der Waals surface area contributed by atoms with Gasteiger partial charge in [0.1, 0.15) is 5.75 Å². The Hall–Kier alpha value is -3.81. The van der Waals surface area contributed by atoms with E-state index in [4.69, 9.17) is 21.1 Å². The lowest BCUT2D eigenvalue weighted by molar-refractivity contribution is -0.119. The number of anilines is 1. The van der Waals surface area contributed by atoms with Gasteiger partial charge in [-0.25, -0.2) is 0 Å². The molecule has 2 atom stereocenters. The molecule has 0 fully saturated rings. The summed E-state index contributed by atoms with van der Waals surface area (Å²) >= 11 is 6.31. The molecular formula is C28H26ClN3O4. The fourth-order valence-corrected chi connectivity index (χ4v) is 5.22. The van der Waals surface area contributed by atoms with E-state index in [1.54, 1.807) is 36.3 Å². The molecule has 0 bridgehead atoms. The van der Waals surface area contributed by atoms with Gasteiger partial charge in [0.05, 0.1) is 30.7 Å². The summed E-state index contributed by atoms with van der Waals surface area (Å²) in [4.78, 5) is 32.7. The van der Waals surface area contributed by atoms with Gasteiger partial charge in [-0.1, -0.05) is 48.0 Å². The molecule has 3 aromatic carbocycles. The smallest absolute Gasteiger partial charge is 0.254 e. The van der Waals surface area contributed by atoms with Crippen molar-refractivity contribution < 1.29 is 19.1 Å². The fourth-order valence-electron chi connectivity index (χ4n) is 4.96. The Balaban J connectivity index is 1.64. The first kappa shape index (κ1) is 23.9. The highest BCUT2D eigenvalue weighted by Gasteiger charge is 2.44. The first-order valence-electron chi connectivity index (χ1n) is 11.6. The van der Waals surface area contributed by atoms with Crippen molar-refractivity contribution >= 4 is 40.0 Å². The maximum atomic E-state index is 14.0. The summed E-state index contributed by atoms with van der Waals surface area (Å²) < 4.78 is 10.6. The minimum Gasteiger partial charge on any atom is -0.495 e. The number of halogens is 1. The van der Waals surface area contributed by atoms with E-state index in [0.717, 1.165) is 16.5 Å². The van der Waals surface area contributed by atoms with Crippen molar-refractivity contribution in [3.05, 3.63) is 94.6 Å². The third-order valence-corrected chi connectivity index (χ3v) is 6.91. The minimum atomic E-state index is -0.671. The van der Waals surface area contributed by atoms with Gasteiger partial charge in [0.2, 0.25) is 5.91 Å². The van der Waals surface area contributed by atoms with Crippen LogP contribution in [0.4, 0.5) is 5.69 Å². The van der Waals surface area contributed by atoms with Crippen LogP contribution >= 0.6 is 11.6 Å². The van der Waals surface area contributed by atoms with Crippen LogP contribution in [0.3, 0.4) is 0 Å². The largest absolute Gasteiger partial charge is 0.495 e. The van der Waals surface area contributed by atoms with E-state index in [-0.39, 0.29) is 11.8 Å². The zero-order valence-electron chi connectivity index (χ0n) is 20.0. The second kappa shape index (κ2) is 10.0. The van der Waals surface area contributed by atoms with Gasteiger partial charge < -0.3 is 24.7 Å². The minimum absolute atomic E-state index is 0.130. The number of aromatic nitrogens is 1. The van der Waals surface area contributed by atoms with E-state index in [2.05, 4.69) is 10.3 Å². The molecule has 36 heavy (non-hydrogen) atoms. The number of benzene rings is 3. The lowest BCUT2D eigenvalue weighted by Crippen LogP contribution is -2.47. The number of methoxy groups -OCH3 is 2. The zero-order chi connectivity index (χ0) is 25.2. The maximum Gasteiger partial charge on any atom is 0.254 e. The number of amides is 2. The fraction of sp³-hybridized carbons (Fsp3) is 0.214. The van der Waals surface area contributed by atoms with Gasteiger partial charge in [-0.05, 0) is 35.9 Å². The SMILES string of the molecule is COCCN1C(=O)c2ccccc2[C@H](C(=O)Nc2ccc(OC)c(Cl)c2)[C@@H]1c1c[nH]c2ccccc12. The lowest BCUT2D eigenvalue weighted by atomic mass is 9.79. The summed E-state index contributed by atoms with van der Waals surface area (Å²) in [7, 11) is 3.14. The molecule has 4 aromatic rings. The number of nitrogens with one attached hydrogen (secondary N) is 2. The number of carbonyl (C=O) groups is 2. The number of fused-ring (bicyclic) bond motifs is 2. The van der Waals surface area contributed by atoms with Crippen LogP contribution < -0.4 is 10.1 Å². The molecule has 2 N–H and O–H groups in total. The highest BCUT2D eigenvalue weighted by atomic mass is 35.5. The number of rotatable bonds is 7. The van der Waals surface area contributed by atoms with Gasteiger partial charge in [-0.3, -0.25) is 9.59 Å². The number of hydrogen-bond acceptors (Lipinski definition) is 4. The molecule has 0 saturated heterocycles. The molecule has 2 amide bonds. The molecule has 8 heteroatoms. The molecule has 0 radical (unpaired) electrons. The van der Waals surface area contributed by atoms with Crippen LogP contribution in [0.25, 0.3) is 10.9 Å². The quantitative estimate of drug-likeness (QED) is 0.354. The summed E-state index contributed by atoms with van der Waals surface area (Å²) in [5, 5.41) is 4.37. The van der Waals surface area contributed by atoms with E-state index in [0.29, 0.717) is 40.7 Å². The number of para-hydroxylation sites is 1. The molecule has 184 valence electrons. The first-order chi connectivity index (χ1) is 17.5. The van der Waals surface area contributed by atoms with Gasteiger partial charge in [0.25, 0.3) is 5.91 Å². The standard InChI is InChI=1S/C28H26ClN3O4/c1-35-14-13-32-26(21-16-30-23-10-6-5-7-18(21)23)25(19-8-3-4-9-20(19)28(32)34)27(33)31-17-11-12-24(36-2)22(29)15-17/h3-12,15-16,25-26,30H,13-14H2,1-2H3,(H,31,33)/t25-,26-/m0/s1. The lowest BCUT2D eigenvalue weighted by Gasteiger charge is -2.41. The Kier molecular flexibility index (Phi) is 6.67. The Labute approximate surface area is 214 Å². The highest BCUT2D eigenvalue weighted by molar-refractivity contribution is 6.32. The van der Waals surface area contributed by atoms with E-state index in [1.807, 2.05) is 48.7 Å². The third-order valence-electron chi connectivity index (χ3n) is 6.62. The van der Waals surface area contributed by atoms with Gasteiger partial charge in [0, 0.05) is 47.6 Å². The van der Waals surface area contributed by atoms with Crippen molar-refractivity contribution in [2.24, 2.45) is 0 Å². The van der Waals surface area contributed by atoms with Crippen LogP contribution in [0.15, 0.2) is 72.9 Å². The van der Waals surface area contributed by atoms with Gasteiger partial charge >= 0.3 is 0 Å². The summed E-state index contributed by atoms with van der Waals surface area (Å²) in [5.41, 5.74) is 3.55. The second-order valence-electron chi connectivity index (χ2n) is 8.63. The molecule has 0 unspecified atom stereocenters. The summed E-state index contributed by atoms with van der Waals surface area (Å²) in [6, 6.07) is 19.7. The monoisotopic (exact) mass is 503 g/mol. The molecule has 1 aliphatic heterocycles. The molecule has 2 heterocycles. The van der Waals surface area contributed by atoms with Crippen LogP contribution in [0.2, 0.25) is 5.02 Å². The van der Waals surface area contributed by atoms with Gasteiger partial charge in [-0.2, -0.15) is 0 Å². The van der Waals surface area contributed by atoms with Crippen molar-refractivity contribution in [2.75, 3.05) is 32.7 Å². The van der Waals surface area contributed by atoms with Crippen LogP contribution in [0.1, 0.15) is 33.4 Å². The number of ether oxygens (including phenoxy) is 2. The van der Waals surface area contributed by atoms with Crippen LogP contribution in [0.5, 0.6) is 5.75 Å². The van der Waals surface area contributed by atoms with Crippen molar-refractivity contribution in [2.45, 2.75) is 12.0 Å². The molecule has 5 rings (SSSR count). The summed E-state index contributed by atoms with van der Waals surface area (Å²) in [6.45, 7) is 0.682. The van der Waals surface area contributed by atoms with E-state index in [1.165, 1.54) is 7.11 Å². The van der Waals surface area contributed by atoms with Gasteiger partial charge in [-0.15, -0.1) is 0 Å². The van der Waals surface area contributed by atoms with E-state index < -0.39 is 12.0 Å². The average Bonchev–Trinajstić information content (AvgIpc) is 3.32. The molecule has 7 nitrogen and oxygen atoms in total. The molecule has 1 aliphatic rings. The van der Waals surface area contributed by atoms with E-state index >= 15 is 0 Å². The molecule has 0 aliphatic carbocycles. The van der Waals surface area contributed by atoms with Crippen LogP contribution in [0, 0.1) is 0 Å². The average molecular weight is 504 g/mol. The number of carbonyl (C=O) groups excluding carboxylic acids is 2. The number of aromatic amines is 1. The van der Waals surface area contributed by atoms with Crippen molar-refractivity contribution in [1.82, 2.24) is 9.88 Å². The van der Waals surface area contributed by atoms with E-state index in [9.17, 15) is 9.59 Å². The molecule has 0 saturated carbocycles. The maximum absolute atomic E-state index is 14.0. The molecular weight excluding hydrogens is 478 g/mol. The zero-order valence-corrected chi connectivity index (χ0v) is 20.7. The Morgan fingerprint density at radius 2 is 1.83 bits per heavy atom. The first-order valence-corrected chi connectivity index (χ1v) is 12.0. The second-order valence-corrected chi connectivity index (χ2v) is 9.04. The Morgan fingerprint density at radius 1 is 1.06 bits per heavy atom. The number of nitrogens with zero attached hydrogens (tertiary/aromatic N) is 1. The number of hydrogen-bond donors (Lipinski definition) is 2. The summed E-state index contributed by atoms with van der Waals surface area (Å²) in [6.07, 6.45) is 1.89. The topological polar surface area (TPSA) is 83.7 Å². The predicted molar refractivity (Wildman–Crippen MR) is 140 cm³/mol. The Bertz CT molecular complexity index is 1430. The van der Waals surface area contributed by atoms with Crippen molar-refractivity contribution in [3.8, 4) is 5.75 Å². The van der Waals surface area contributed by atoms with Crippen LogP contribution in [-0.4, -0.2) is 49.1 Å². The Morgan fingerprint density at radius 3 is 2.61 bits per heavy atom. The number of H-pyrrole nitrogens is 1. The van der Waals surface area contributed by atoms with Crippen LogP contribution in [-0.2, 0) is 9.53 Å². The van der Waals surface area contributed by atoms with Crippen molar-refractivity contribution in [1.29, 1.82) is 0 Å². The van der Waals surface area contributed by atoms with Gasteiger partial charge in [0.15, 0.2) is 0 Å². The molecule has 0 spiro atoms. The molecule has 1 aromatic heterocycles. The third kappa shape index (κ3) is 4.21. The predicted octanol–water partition coefficient (Wildman–Crippen LogP) is 5.40. The normalized spacial score (nSPS) is 17.2.